The first-order valence-electron chi connectivity index (χ1n) is 9.61. The van der Waals surface area contributed by atoms with Gasteiger partial charge in [0.15, 0.2) is 0 Å². The van der Waals surface area contributed by atoms with Gasteiger partial charge in [-0.25, -0.2) is 8.42 Å². The molecule has 0 saturated heterocycles. The van der Waals surface area contributed by atoms with Gasteiger partial charge in [0, 0.05) is 16.9 Å². The Morgan fingerprint density at radius 3 is 2.16 bits per heavy atom. The van der Waals surface area contributed by atoms with E-state index in [1.807, 2.05) is 20.8 Å². The standard InChI is InChI=1S/C23H23ClN2O4S/c1-15(2)30-20-11-9-18(10-12-20)25-23(27)17-6-13-21(24)22(14-17)31(28,29)26-19-7-4-16(3)5-8-19/h4-15,26H,1-3H3,(H,25,27). The molecule has 0 atom stereocenters. The number of nitrogens with one attached hydrogen (secondary N) is 2. The van der Waals surface area contributed by atoms with E-state index in [9.17, 15) is 13.2 Å². The molecule has 1 amide bonds. The smallest absolute Gasteiger partial charge is 0.263 e. The first-order valence-corrected chi connectivity index (χ1v) is 11.5. The summed E-state index contributed by atoms with van der Waals surface area (Å²) in [4.78, 5) is 12.5. The third kappa shape index (κ3) is 5.99. The molecule has 0 aliphatic rings. The van der Waals surface area contributed by atoms with E-state index < -0.39 is 15.9 Å². The van der Waals surface area contributed by atoms with E-state index in [1.54, 1.807) is 48.5 Å². The molecule has 0 heterocycles. The van der Waals surface area contributed by atoms with Crippen molar-refractivity contribution in [1.29, 1.82) is 0 Å². The number of aryl methyl sites for hydroxylation is 1. The fourth-order valence-electron chi connectivity index (χ4n) is 2.77. The van der Waals surface area contributed by atoms with E-state index in [2.05, 4.69) is 10.0 Å². The summed E-state index contributed by atoms with van der Waals surface area (Å²) in [5.74, 6) is 0.232. The Morgan fingerprint density at radius 2 is 1.55 bits per heavy atom. The predicted molar refractivity (Wildman–Crippen MR) is 124 cm³/mol. The van der Waals surface area contributed by atoms with Crippen LogP contribution in [0.2, 0.25) is 5.02 Å². The van der Waals surface area contributed by atoms with Gasteiger partial charge in [-0.3, -0.25) is 9.52 Å². The summed E-state index contributed by atoms with van der Waals surface area (Å²) < 4.78 is 33.7. The Morgan fingerprint density at radius 1 is 0.935 bits per heavy atom. The van der Waals surface area contributed by atoms with Gasteiger partial charge in [0.25, 0.3) is 15.9 Å². The highest BCUT2D eigenvalue weighted by Crippen LogP contribution is 2.26. The molecule has 0 saturated carbocycles. The topological polar surface area (TPSA) is 84.5 Å². The lowest BCUT2D eigenvalue weighted by Gasteiger charge is -2.12. The number of rotatable bonds is 7. The summed E-state index contributed by atoms with van der Waals surface area (Å²) in [7, 11) is -3.98. The van der Waals surface area contributed by atoms with E-state index in [4.69, 9.17) is 16.3 Å². The maximum absolute atomic E-state index is 12.8. The highest BCUT2D eigenvalue weighted by Gasteiger charge is 2.20. The van der Waals surface area contributed by atoms with Crippen molar-refractivity contribution in [3.8, 4) is 5.75 Å². The highest BCUT2D eigenvalue weighted by atomic mass is 35.5. The Hall–Kier alpha value is -3.03. The van der Waals surface area contributed by atoms with Gasteiger partial charge >= 0.3 is 0 Å². The molecule has 3 aromatic carbocycles. The van der Waals surface area contributed by atoms with Crippen LogP contribution in [0.25, 0.3) is 0 Å². The fraction of sp³-hybridized carbons (Fsp3) is 0.174. The van der Waals surface area contributed by atoms with Crippen LogP contribution >= 0.6 is 11.6 Å². The minimum Gasteiger partial charge on any atom is -0.491 e. The first kappa shape index (κ1) is 22.7. The molecule has 31 heavy (non-hydrogen) atoms. The number of carbonyl (C=O) groups is 1. The molecule has 6 nitrogen and oxygen atoms in total. The lowest BCUT2D eigenvalue weighted by Crippen LogP contribution is -2.16. The minimum absolute atomic E-state index is 0.0198. The van der Waals surface area contributed by atoms with Crippen LogP contribution in [0.5, 0.6) is 5.75 Å². The molecule has 0 bridgehead atoms. The molecule has 0 aromatic heterocycles. The van der Waals surface area contributed by atoms with Crippen molar-refractivity contribution < 1.29 is 17.9 Å². The average molecular weight is 459 g/mol. The van der Waals surface area contributed by atoms with Crippen molar-refractivity contribution in [1.82, 2.24) is 0 Å². The third-order valence-electron chi connectivity index (χ3n) is 4.27. The zero-order chi connectivity index (χ0) is 22.6. The highest BCUT2D eigenvalue weighted by molar-refractivity contribution is 7.92. The van der Waals surface area contributed by atoms with E-state index in [0.29, 0.717) is 17.1 Å². The first-order chi connectivity index (χ1) is 14.6. The van der Waals surface area contributed by atoms with Gasteiger partial charge in [-0.2, -0.15) is 0 Å². The quantitative estimate of drug-likeness (QED) is 0.490. The zero-order valence-corrected chi connectivity index (χ0v) is 18.9. The van der Waals surface area contributed by atoms with Gasteiger partial charge in [-0.15, -0.1) is 0 Å². The number of ether oxygens (including phenoxy) is 1. The molecule has 3 aromatic rings. The largest absolute Gasteiger partial charge is 0.491 e. The summed E-state index contributed by atoms with van der Waals surface area (Å²) in [5, 5.41) is 2.76. The van der Waals surface area contributed by atoms with Crippen LogP contribution in [0.1, 0.15) is 29.8 Å². The number of sulfonamides is 1. The molecule has 0 unspecified atom stereocenters. The molecule has 2 N–H and O–H groups in total. The maximum atomic E-state index is 12.8. The van der Waals surface area contributed by atoms with Gasteiger partial charge in [0.1, 0.15) is 10.6 Å². The summed E-state index contributed by atoms with van der Waals surface area (Å²) in [6.07, 6.45) is 0.0448. The second-order valence-corrected chi connectivity index (χ2v) is 9.32. The second-order valence-electron chi connectivity index (χ2n) is 7.26. The Bertz CT molecular complexity index is 1180. The predicted octanol–water partition coefficient (Wildman–Crippen LogP) is 5.49. The van der Waals surface area contributed by atoms with Crippen LogP contribution in [0, 0.1) is 6.92 Å². The number of halogens is 1. The monoisotopic (exact) mass is 458 g/mol. The molecule has 0 radical (unpaired) electrons. The van der Waals surface area contributed by atoms with Crippen LogP contribution in [0.15, 0.2) is 71.6 Å². The van der Waals surface area contributed by atoms with E-state index in [1.165, 1.54) is 18.2 Å². The van der Waals surface area contributed by atoms with Gasteiger partial charge in [-0.1, -0.05) is 29.3 Å². The third-order valence-corrected chi connectivity index (χ3v) is 6.13. The molecule has 162 valence electrons. The summed E-state index contributed by atoms with van der Waals surface area (Å²) >= 11 is 6.13. The Kier molecular flexibility index (Phi) is 6.87. The van der Waals surface area contributed by atoms with Gasteiger partial charge in [0.2, 0.25) is 0 Å². The van der Waals surface area contributed by atoms with Crippen molar-refractivity contribution in [2.45, 2.75) is 31.8 Å². The lowest BCUT2D eigenvalue weighted by atomic mass is 10.2. The van der Waals surface area contributed by atoms with Gasteiger partial charge < -0.3 is 10.1 Å². The maximum Gasteiger partial charge on any atom is 0.263 e. The number of benzene rings is 3. The lowest BCUT2D eigenvalue weighted by molar-refractivity contribution is 0.102. The normalized spacial score (nSPS) is 11.3. The van der Waals surface area contributed by atoms with Crippen LogP contribution in [-0.4, -0.2) is 20.4 Å². The SMILES string of the molecule is Cc1ccc(NS(=O)(=O)c2cc(C(=O)Nc3ccc(OC(C)C)cc3)ccc2Cl)cc1. The number of hydrogen-bond donors (Lipinski definition) is 2. The fourth-order valence-corrected chi connectivity index (χ4v) is 4.36. The molecule has 3 rings (SSSR count). The molecule has 0 aliphatic carbocycles. The van der Waals surface area contributed by atoms with Gasteiger partial charge in [0.05, 0.1) is 11.1 Å². The van der Waals surface area contributed by atoms with Crippen molar-refractivity contribution in [2.75, 3.05) is 10.0 Å². The van der Waals surface area contributed by atoms with E-state index in [0.717, 1.165) is 5.56 Å². The van der Waals surface area contributed by atoms with E-state index in [-0.39, 0.29) is 21.6 Å². The molecular weight excluding hydrogens is 436 g/mol. The Balaban J connectivity index is 1.79. The van der Waals surface area contributed by atoms with Crippen LogP contribution in [-0.2, 0) is 10.0 Å². The van der Waals surface area contributed by atoms with Crippen molar-refractivity contribution >= 4 is 38.9 Å². The number of carbonyl (C=O) groups excluding carboxylic acids is 1. The molecule has 8 heteroatoms. The van der Waals surface area contributed by atoms with Crippen molar-refractivity contribution in [2.24, 2.45) is 0 Å². The van der Waals surface area contributed by atoms with Crippen LogP contribution < -0.4 is 14.8 Å². The number of anilines is 2. The molecule has 0 aliphatic heterocycles. The minimum atomic E-state index is -3.98. The van der Waals surface area contributed by atoms with Crippen LogP contribution in [0.3, 0.4) is 0 Å². The molecular formula is C23H23ClN2O4S. The summed E-state index contributed by atoms with van der Waals surface area (Å²) in [6, 6.07) is 17.9. The van der Waals surface area contributed by atoms with Gasteiger partial charge in [-0.05, 0) is 75.4 Å². The average Bonchev–Trinajstić information content (AvgIpc) is 2.71. The van der Waals surface area contributed by atoms with Crippen molar-refractivity contribution in [3.05, 3.63) is 82.9 Å². The zero-order valence-electron chi connectivity index (χ0n) is 17.3. The second kappa shape index (κ2) is 9.41. The van der Waals surface area contributed by atoms with Crippen LogP contribution in [0.4, 0.5) is 11.4 Å². The Labute approximate surface area is 187 Å². The summed E-state index contributed by atoms with van der Waals surface area (Å²) in [5.41, 5.74) is 2.12. The summed E-state index contributed by atoms with van der Waals surface area (Å²) in [6.45, 7) is 5.76. The van der Waals surface area contributed by atoms with E-state index >= 15 is 0 Å². The molecule has 0 fully saturated rings. The molecule has 0 spiro atoms. The van der Waals surface area contributed by atoms with Crippen molar-refractivity contribution in [3.63, 3.8) is 0 Å². The number of hydrogen-bond acceptors (Lipinski definition) is 4. The number of amides is 1.